The number of ketones is 1. The van der Waals surface area contributed by atoms with E-state index in [-0.39, 0.29) is 5.56 Å². The van der Waals surface area contributed by atoms with E-state index in [1.54, 1.807) is 0 Å². The smallest absolute Gasteiger partial charge is 0.294 e. The number of benzene rings is 1. The van der Waals surface area contributed by atoms with Crippen molar-refractivity contribution in [2.75, 3.05) is 0 Å². The van der Waals surface area contributed by atoms with E-state index in [0.717, 1.165) is 13.0 Å². The van der Waals surface area contributed by atoms with E-state index >= 15 is 0 Å². The van der Waals surface area contributed by atoms with E-state index < -0.39 is 17.5 Å². The highest BCUT2D eigenvalue weighted by molar-refractivity contribution is 5.95. The van der Waals surface area contributed by atoms with Gasteiger partial charge in [-0.25, -0.2) is 0 Å². The van der Waals surface area contributed by atoms with Crippen molar-refractivity contribution in [3.8, 4) is 0 Å². The fraction of sp³-hybridized carbons (Fsp3) is 0.364. The molecule has 4 heteroatoms. The quantitative estimate of drug-likeness (QED) is 0.652. The lowest BCUT2D eigenvalue weighted by Gasteiger charge is -2.09. The first kappa shape index (κ1) is 13.7. The Morgan fingerprint density at radius 1 is 1.13 bits per heavy atom. The lowest BCUT2D eigenvalue weighted by atomic mass is 10.0. The van der Waals surface area contributed by atoms with Crippen LogP contribution in [-0.4, -0.2) is 5.78 Å². The van der Waals surface area contributed by atoms with Gasteiger partial charge in [0, 0.05) is 5.56 Å². The minimum atomic E-state index is -4.46. The fourth-order valence-electron chi connectivity index (χ4n) is 1.04. The van der Waals surface area contributed by atoms with Crippen molar-refractivity contribution >= 4 is 5.78 Å². The number of Topliss-reactive ketones (excluding diaryl/α,β-unsaturated/α-hetero) is 1. The molecule has 0 radical (unpaired) electrons. The van der Waals surface area contributed by atoms with Crippen LogP contribution >= 0.6 is 0 Å². The summed E-state index contributed by atoms with van der Waals surface area (Å²) in [6.07, 6.45) is -4.46. The van der Waals surface area contributed by atoms with E-state index in [1.165, 1.54) is 18.2 Å². The first-order chi connectivity index (χ1) is 6.93. The number of rotatable bonds is 1. The van der Waals surface area contributed by atoms with E-state index in [9.17, 15) is 18.0 Å². The average Bonchev–Trinajstić information content (AvgIpc) is 2.19. The summed E-state index contributed by atoms with van der Waals surface area (Å²) in [5.74, 6) is -0.576. The molecule has 0 aliphatic heterocycles. The molecule has 0 saturated heterocycles. The molecule has 0 aromatic heterocycles. The number of carbonyl (C=O) groups excluding carboxylic acids is 1. The lowest BCUT2D eigenvalue weighted by Crippen LogP contribution is -2.11. The van der Waals surface area contributed by atoms with Crippen molar-refractivity contribution in [3.63, 3.8) is 0 Å². The number of hydrogen-bond donors (Lipinski definition) is 0. The summed E-state index contributed by atoms with van der Waals surface area (Å²) in [5, 5.41) is 0. The summed E-state index contributed by atoms with van der Waals surface area (Å²) in [7, 11) is 0. The number of carbonyl (C=O) groups is 1. The number of hydrogen-bond acceptors (Lipinski definition) is 1. The summed E-state index contributed by atoms with van der Waals surface area (Å²) < 4.78 is 36.8. The molecule has 0 spiro atoms. The molecule has 1 aromatic carbocycles. The summed E-state index contributed by atoms with van der Waals surface area (Å²) >= 11 is 0. The Hall–Kier alpha value is -1.32. The molecular formula is C11H13F3O. The minimum Gasteiger partial charge on any atom is -0.294 e. The molecule has 1 nitrogen and oxygen atoms in total. The molecule has 15 heavy (non-hydrogen) atoms. The van der Waals surface area contributed by atoms with Crippen molar-refractivity contribution in [1.29, 1.82) is 0 Å². The highest BCUT2D eigenvalue weighted by Gasteiger charge is 2.33. The molecule has 84 valence electrons. The van der Waals surface area contributed by atoms with Gasteiger partial charge in [-0.1, -0.05) is 32.0 Å². The molecule has 0 saturated carbocycles. The Morgan fingerprint density at radius 2 is 1.60 bits per heavy atom. The average molecular weight is 218 g/mol. The van der Waals surface area contributed by atoms with Gasteiger partial charge in [0.2, 0.25) is 0 Å². The molecule has 0 fully saturated rings. The van der Waals surface area contributed by atoms with Crippen molar-refractivity contribution in [2.45, 2.75) is 26.9 Å². The second-order valence-electron chi connectivity index (χ2n) is 2.60. The van der Waals surface area contributed by atoms with Crippen LogP contribution in [0.15, 0.2) is 24.3 Å². The molecule has 0 aliphatic rings. The van der Waals surface area contributed by atoms with Gasteiger partial charge >= 0.3 is 6.18 Å². The molecule has 0 unspecified atom stereocenters. The maximum atomic E-state index is 12.3. The lowest BCUT2D eigenvalue weighted by molar-refractivity contribution is -0.137. The molecule has 0 amide bonds. The molecule has 0 heterocycles. The normalized spacial score (nSPS) is 10.3. The van der Waals surface area contributed by atoms with Crippen LogP contribution in [0.25, 0.3) is 0 Å². The van der Waals surface area contributed by atoms with Gasteiger partial charge in [-0.15, -0.1) is 0 Å². The summed E-state index contributed by atoms with van der Waals surface area (Å²) in [6.45, 7) is 5.12. The van der Waals surface area contributed by atoms with Crippen LogP contribution in [0.4, 0.5) is 13.2 Å². The zero-order valence-corrected chi connectivity index (χ0v) is 8.85. The van der Waals surface area contributed by atoms with Gasteiger partial charge < -0.3 is 0 Å². The first-order valence-corrected chi connectivity index (χ1v) is 4.60. The molecule has 0 atom stereocenters. The van der Waals surface area contributed by atoms with E-state index in [0.29, 0.717) is 0 Å². The van der Waals surface area contributed by atoms with Crippen LogP contribution in [0.1, 0.15) is 36.7 Å². The Morgan fingerprint density at radius 3 is 1.93 bits per heavy atom. The van der Waals surface area contributed by atoms with Crippen molar-refractivity contribution in [3.05, 3.63) is 35.4 Å². The molecular weight excluding hydrogens is 205 g/mol. The Bertz CT molecular complexity index is 329. The van der Waals surface area contributed by atoms with E-state index in [2.05, 4.69) is 0 Å². The topological polar surface area (TPSA) is 17.1 Å². The monoisotopic (exact) mass is 218 g/mol. The van der Waals surface area contributed by atoms with Gasteiger partial charge in [-0.2, -0.15) is 13.2 Å². The van der Waals surface area contributed by atoms with E-state index in [4.69, 9.17) is 0 Å². The zero-order valence-electron chi connectivity index (χ0n) is 8.85. The maximum Gasteiger partial charge on any atom is 0.417 e. The molecule has 0 N–H and O–H groups in total. The second kappa shape index (κ2) is 5.53. The van der Waals surface area contributed by atoms with Gasteiger partial charge in [-0.3, -0.25) is 4.79 Å². The van der Waals surface area contributed by atoms with Gasteiger partial charge in [0.15, 0.2) is 5.78 Å². The van der Waals surface area contributed by atoms with Crippen LogP contribution in [0, 0.1) is 0 Å². The first-order valence-electron chi connectivity index (χ1n) is 4.60. The Kier molecular flexibility index (Phi) is 5.05. The Labute approximate surface area is 86.9 Å². The highest BCUT2D eigenvalue weighted by atomic mass is 19.4. The fourth-order valence-corrected chi connectivity index (χ4v) is 1.04. The molecule has 1 aromatic rings. The zero-order chi connectivity index (χ0) is 12.1. The van der Waals surface area contributed by atoms with Gasteiger partial charge in [-0.05, 0) is 13.0 Å². The minimum absolute atomic E-state index is 0.282. The van der Waals surface area contributed by atoms with Crippen LogP contribution in [0.5, 0.6) is 0 Å². The summed E-state index contributed by atoms with van der Waals surface area (Å²) in [6, 6.07) is 4.74. The van der Waals surface area contributed by atoms with Crippen molar-refractivity contribution in [1.82, 2.24) is 0 Å². The largest absolute Gasteiger partial charge is 0.417 e. The third-order valence-corrected chi connectivity index (χ3v) is 1.61. The van der Waals surface area contributed by atoms with Gasteiger partial charge in [0.25, 0.3) is 0 Å². The highest BCUT2D eigenvalue weighted by Crippen LogP contribution is 2.31. The number of halogens is 3. The SMILES string of the molecule is CC.CC(=O)c1ccccc1C(F)(F)F. The predicted molar refractivity (Wildman–Crippen MR) is 52.8 cm³/mol. The third kappa shape index (κ3) is 3.73. The van der Waals surface area contributed by atoms with Crippen LogP contribution in [0.3, 0.4) is 0 Å². The molecule has 1 rings (SSSR count). The van der Waals surface area contributed by atoms with Crippen molar-refractivity contribution in [2.24, 2.45) is 0 Å². The molecule has 0 aliphatic carbocycles. The van der Waals surface area contributed by atoms with Gasteiger partial charge in [0.1, 0.15) is 0 Å². The second-order valence-corrected chi connectivity index (χ2v) is 2.60. The number of alkyl halides is 3. The third-order valence-electron chi connectivity index (χ3n) is 1.61. The van der Waals surface area contributed by atoms with Crippen molar-refractivity contribution < 1.29 is 18.0 Å². The van der Waals surface area contributed by atoms with Crippen LogP contribution in [-0.2, 0) is 6.18 Å². The van der Waals surface area contributed by atoms with Crippen LogP contribution < -0.4 is 0 Å². The summed E-state index contributed by atoms with van der Waals surface area (Å²) in [5.41, 5.74) is -1.16. The summed E-state index contributed by atoms with van der Waals surface area (Å²) in [4.78, 5) is 10.8. The van der Waals surface area contributed by atoms with Crippen LogP contribution in [0.2, 0.25) is 0 Å². The molecule has 0 bridgehead atoms. The van der Waals surface area contributed by atoms with Gasteiger partial charge in [0.05, 0.1) is 5.56 Å². The van der Waals surface area contributed by atoms with E-state index in [1.807, 2.05) is 13.8 Å². The maximum absolute atomic E-state index is 12.3. The standard InChI is InChI=1S/C9H7F3O.C2H6/c1-6(13)7-4-2-3-5-8(7)9(10,11)12;1-2/h2-5H,1H3;1-2H3. The Balaban J connectivity index is 0.000000921. The predicted octanol–water partition coefficient (Wildman–Crippen LogP) is 3.93.